The summed E-state index contributed by atoms with van der Waals surface area (Å²) in [5, 5.41) is 3.91. The van der Waals surface area contributed by atoms with Crippen LogP contribution in [0, 0.1) is 0 Å². The largest absolute Gasteiger partial charge is 0.466 e. The summed E-state index contributed by atoms with van der Waals surface area (Å²) in [5.74, 6) is 0.100. The lowest BCUT2D eigenvalue weighted by Gasteiger charge is -1.93. The first-order valence-corrected chi connectivity index (χ1v) is 3.68. The molecule has 2 N–H and O–H groups in total. The monoisotopic (exact) mass is 181 g/mol. The number of anilines is 1. The number of ether oxygens (including phenoxy) is 1. The fourth-order valence-corrected chi connectivity index (χ4v) is 0.818. The van der Waals surface area contributed by atoms with Crippen LogP contribution in [0.2, 0.25) is 0 Å². The number of rotatable bonds is 2. The van der Waals surface area contributed by atoms with E-state index in [4.69, 9.17) is 5.73 Å². The molecule has 0 fully saturated rings. The first kappa shape index (κ1) is 9.31. The zero-order chi connectivity index (χ0) is 9.84. The van der Waals surface area contributed by atoms with Crippen molar-refractivity contribution in [3.8, 4) is 0 Å². The lowest BCUT2D eigenvalue weighted by Crippen LogP contribution is -1.98. The van der Waals surface area contributed by atoms with Gasteiger partial charge in [-0.15, -0.1) is 0 Å². The SMILES string of the molecule is COC(=O)C=Cc1cnn(C)c1N. The third-order valence-corrected chi connectivity index (χ3v) is 1.61. The second-order valence-corrected chi connectivity index (χ2v) is 2.47. The van der Waals surface area contributed by atoms with Crippen molar-refractivity contribution >= 4 is 17.9 Å². The van der Waals surface area contributed by atoms with Crippen LogP contribution in [-0.4, -0.2) is 22.9 Å². The van der Waals surface area contributed by atoms with Gasteiger partial charge in [-0.2, -0.15) is 5.10 Å². The van der Waals surface area contributed by atoms with Crippen LogP contribution in [0.1, 0.15) is 5.56 Å². The summed E-state index contributed by atoms with van der Waals surface area (Å²) in [6.07, 6.45) is 4.44. The van der Waals surface area contributed by atoms with Crippen LogP contribution in [-0.2, 0) is 16.6 Å². The molecule has 0 unspecified atom stereocenters. The van der Waals surface area contributed by atoms with Gasteiger partial charge in [0, 0.05) is 18.7 Å². The highest BCUT2D eigenvalue weighted by Crippen LogP contribution is 2.10. The third-order valence-electron chi connectivity index (χ3n) is 1.61. The number of methoxy groups -OCH3 is 1. The Hall–Kier alpha value is -1.78. The molecular formula is C8H11N3O2. The second kappa shape index (κ2) is 3.75. The summed E-state index contributed by atoms with van der Waals surface area (Å²) in [5.41, 5.74) is 6.33. The first-order valence-electron chi connectivity index (χ1n) is 3.68. The molecule has 0 bridgehead atoms. The summed E-state index contributed by atoms with van der Waals surface area (Å²) in [6.45, 7) is 0. The number of esters is 1. The van der Waals surface area contributed by atoms with Gasteiger partial charge in [-0.05, 0) is 6.08 Å². The van der Waals surface area contributed by atoms with E-state index < -0.39 is 5.97 Å². The van der Waals surface area contributed by atoms with Crippen LogP contribution in [0.25, 0.3) is 6.08 Å². The van der Waals surface area contributed by atoms with Crippen LogP contribution in [0.5, 0.6) is 0 Å². The van der Waals surface area contributed by atoms with Crippen molar-refractivity contribution in [2.24, 2.45) is 7.05 Å². The summed E-state index contributed by atoms with van der Waals surface area (Å²) in [6, 6.07) is 0. The summed E-state index contributed by atoms with van der Waals surface area (Å²) in [7, 11) is 3.05. The van der Waals surface area contributed by atoms with Gasteiger partial charge in [-0.25, -0.2) is 4.79 Å². The molecular weight excluding hydrogens is 170 g/mol. The molecule has 0 spiro atoms. The zero-order valence-corrected chi connectivity index (χ0v) is 7.52. The van der Waals surface area contributed by atoms with E-state index in [1.54, 1.807) is 19.3 Å². The number of nitrogens with zero attached hydrogens (tertiary/aromatic N) is 2. The molecule has 0 atom stereocenters. The Labute approximate surface area is 75.8 Å². The highest BCUT2D eigenvalue weighted by molar-refractivity contribution is 5.87. The minimum absolute atomic E-state index is 0.414. The molecule has 70 valence electrons. The lowest BCUT2D eigenvalue weighted by molar-refractivity contribution is -0.134. The molecule has 0 aromatic carbocycles. The molecule has 0 aliphatic heterocycles. The van der Waals surface area contributed by atoms with Crippen LogP contribution < -0.4 is 5.73 Å². The van der Waals surface area contributed by atoms with Gasteiger partial charge < -0.3 is 10.5 Å². The molecule has 1 aromatic heterocycles. The van der Waals surface area contributed by atoms with E-state index in [0.29, 0.717) is 11.4 Å². The third kappa shape index (κ3) is 2.08. The molecule has 13 heavy (non-hydrogen) atoms. The Morgan fingerprint density at radius 2 is 2.46 bits per heavy atom. The summed E-state index contributed by atoms with van der Waals surface area (Å²) < 4.78 is 5.95. The first-order chi connectivity index (χ1) is 6.15. The van der Waals surface area contributed by atoms with Gasteiger partial charge in [0.2, 0.25) is 0 Å². The fraction of sp³-hybridized carbons (Fsp3) is 0.250. The molecule has 1 rings (SSSR count). The standard InChI is InChI=1S/C8H11N3O2/c1-11-8(9)6(5-10-11)3-4-7(12)13-2/h3-5H,9H2,1-2H3. The minimum Gasteiger partial charge on any atom is -0.466 e. The quantitative estimate of drug-likeness (QED) is 0.522. The average Bonchev–Trinajstić information content (AvgIpc) is 2.44. The van der Waals surface area contributed by atoms with Gasteiger partial charge in [0.05, 0.1) is 13.3 Å². The van der Waals surface area contributed by atoms with E-state index in [2.05, 4.69) is 9.84 Å². The number of nitrogens with two attached hydrogens (primary N) is 1. The topological polar surface area (TPSA) is 70.1 Å². The number of carbonyl (C=O) groups excluding carboxylic acids is 1. The van der Waals surface area contributed by atoms with E-state index >= 15 is 0 Å². The normalized spacial score (nSPS) is 10.6. The Balaban J connectivity index is 2.80. The maximum Gasteiger partial charge on any atom is 0.330 e. The number of nitrogen functional groups attached to an aromatic ring is 1. The molecule has 1 aromatic rings. The number of aromatic nitrogens is 2. The van der Waals surface area contributed by atoms with Crippen molar-refractivity contribution in [2.45, 2.75) is 0 Å². The minimum atomic E-state index is -0.414. The number of hydrogen-bond donors (Lipinski definition) is 1. The molecule has 0 aliphatic rings. The smallest absolute Gasteiger partial charge is 0.330 e. The van der Waals surface area contributed by atoms with Gasteiger partial charge in [0.25, 0.3) is 0 Å². The lowest BCUT2D eigenvalue weighted by atomic mass is 10.3. The van der Waals surface area contributed by atoms with Gasteiger partial charge in [-0.3, -0.25) is 4.68 Å². The molecule has 0 radical (unpaired) electrons. The van der Waals surface area contributed by atoms with Crippen LogP contribution in [0.3, 0.4) is 0 Å². The van der Waals surface area contributed by atoms with Gasteiger partial charge in [0.1, 0.15) is 5.82 Å². The number of hydrogen-bond acceptors (Lipinski definition) is 4. The predicted octanol–water partition coefficient (Wildman–Crippen LogP) is 0.188. The highest BCUT2D eigenvalue weighted by atomic mass is 16.5. The average molecular weight is 181 g/mol. The van der Waals surface area contributed by atoms with Crippen molar-refractivity contribution < 1.29 is 9.53 Å². The van der Waals surface area contributed by atoms with Crippen LogP contribution >= 0.6 is 0 Å². The Bertz CT molecular complexity index is 341. The molecule has 0 saturated heterocycles. The second-order valence-electron chi connectivity index (χ2n) is 2.47. The van der Waals surface area contributed by atoms with Gasteiger partial charge in [-0.1, -0.05) is 0 Å². The van der Waals surface area contributed by atoms with Crippen molar-refractivity contribution in [3.05, 3.63) is 17.8 Å². The Morgan fingerprint density at radius 1 is 1.77 bits per heavy atom. The molecule has 0 aliphatic carbocycles. The van der Waals surface area contributed by atoms with Gasteiger partial charge >= 0.3 is 5.97 Å². The molecule has 1 heterocycles. The van der Waals surface area contributed by atoms with Crippen molar-refractivity contribution in [3.63, 3.8) is 0 Å². The highest BCUT2D eigenvalue weighted by Gasteiger charge is 2.00. The van der Waals surface area contributed by atoms with Crippen LogP contribution in [0.15, 0.2) is 12.3 Å². The van der Waals surface area contributed by atoms with Crippen molar-refractivity contribution in [2.75, 3.05) is 12.8 Å². The Morgan fingerprint density at radius 3 is 2.92 bits per heavy atom. The summed E-state index contributed by atoms with van der Waals surface area (Å²) in [4.78, 5) is 10.7. The molecule has 0 amide bonds. The van der Waals surface area contributed by atoms with Gasteiger partial charge in [0.15, 0.2) is 0 Å². The Kier molecular flexibility index (Phi) is 2.69. The fourth-order valence-electron chi connectivity index (χ4n) is 0.818. The summed E-state index contributed by atoms with van der Waals surface area (Å²) >= 11 is 0. The number of carbonyl (C=O) groups is 1. The maximum atomic E-state index is 10.7. The zero-order valence-electron chi connectivity index (χ0n) is 7.52. The number of aryl methyl sites for hydroxylation is 1. The van der Waals surface area contributed by atoms with E-state index in [-0.39, 0.29) is 0 Å². The van der Waals surface area contributed by atoms with Crippen molar-refractivity contribution in [1.82, 2.24) is 9.78 Å². The van der Waals surface area contributed by atoms with E-state index in [0.717, 1.165) is 0 Å². The predicted molar refractivity (Wildman–Crippen MR) is 48.7 cm³/mol. The van der Waals surface area contributed by atoms with Crippen LogP contribution in [0.4, 0.5) is 5.82 Å². The molecule has 0 saturated carbocycles. The molecule has 5 heteroatoms. The van der Waals surface area contributed by atoms with E-state index in [9.17, 15) is 4.79 Å². The van der Waals surface area contributed by atoms with E-state index in [1.807, 2.05) is 0 Å². The van der Waals surface area contributed by atoms with Crippen molar-refractivity contribution in [1.29, 1.82) is 0 Å². The molecule has 5 nitrogen and oxygen atoms in total. The maximum absolute atomic E-state index is 10.7. The van der Waals surface area contributed by atoms with E-state index in [1.165, 1.54) is 17.9 Å².